The normalized spacial score (nSPS) is 20.8. The highest BCUT2D eigenvalue weighted by atomic mass is 19.2. The van der Waals surface area contributed by atoms with Gasteiger partial charge in [-0.25, -0.2) is 18.7 Å². The van der Waals surface area contributed by atoms with E-state index in [2.05, 4.69) is 52.4 Å². The number of ether oxygens (including phenoxy) is 15. The van der Waals surface area contributed by atoms with Gasteiger partial charge in [-0.05, 0) is 91.9 Å². The van der Waals surface area contributed by atoms with Crippen molar-refractivity contribution in [1.29, 1.82) is 5.53 Å². The molecule has 0 unspecified atom stereocenters. The molecule has 4 rings (SSSR count). The lowest BCUT2D eigenvalue weighted by Gasteiger charge is -2.36. The van der Waals surface area contributed by atoms with Crippen molar-refractivity contribution in [1.82, 2.24) is 42.5 Å². The molecule has 12 atom stereocenters. The number of hydrogen-bond acceptors (Lipinski definition) is 35. The molecule has 1 aromatic carbocycles. The predicted molar refractivity (Wildman–Crippen MR) is 450 cm³/mol. The number of aliphatic hydroxyl groups excluding tert-OH is 9. The molecule has 18 N–H and O–H groups in total. The van der Waals surface area contributed by atoms with Crippen LogP contribution in [0.5, 0.6) is 5.75 Å². The van der Waals surface area contributed by atoms with Gasteiger partial charge < -0.3 is 160 Å². The van der Waals surface area contributed by atoms with E-state index in [-0.39, 0.29) is 252 Å². The summed E-state index contributed by atoms with van der Waals surface area (Å²) in [6, 6.07) is 0. The van der Waals surface area contributed by atoms with Gasteiger partial charge in [0, 0.05) is 149 Å². The highest BCUT2D eigenvalue weighted by Gasteiger charge is 2.41. The summed E-state index contributed by atoms with van der Waals surface area (Å²) < 4.78 is 153. The van der Waals surface area contributed by atoms with Crippen molar-refractivity contribution < 1.29 is 177 Å². The Morgan fingerprint density at radius 2 is 0.748 bits per heavy atom. The number of esters is 1. The van der Waals surface area contributed by atoms with Crippen LogP contribution in [0.15, 0.2) is 17.0 Å². The van der Waals surface area contributed by atoms with Crippen LogP contribution in [0.2, 0.25) is 0 Å². The lowest BCUT2D eigenvalue weighted by atomic mass is 10.0. The van der Waals surface area contributed by atoms with E-state index in [0.717, 1.165) is 0 Å². The maximum Gasteiger partial charge on any atom is 0.313 e. The summed E-state index contributed by atoms with van der Waals surface area (Å²) in [5.41, 5.74) is 5.13. The van der Waals surface area contributed by atoms with Crippen LogP contribution in [0.1, 0.15) is 169 Å². The number of allylic oxidation sites excluding steroid dienone is 1. The minimum Gasteiger partial charge on any atom is -0.420 e. The number of halogens is 5. The quantitative estimate of drug-likeness (QED) is 0.00773. The van der Waals surface area contributed by atoms with Crippen molar-refractivity contribution in [3.05, 3.63) is 41.0 Å². The Morgan fingerprint density at radius 3 is 1.14 bits per heavy atom. The predicted octanol–water partition coefficient (Wildman–Crippen LogP) is -0.0593. The SMILES string of the molecule is CC(C)(CCOCCOCCC(=O)Oc1c(F)c(F)c(F)c(F)c1F)OCC(C)(C)OCCOCCN/C=C(/CCC(=O)NC(COCCC(=O)NCCCNC(=O)CCCCO[C@H]1C[C@@H](O)[C@@H](O)[C@@H](CO)O1)(COCCC(=O)NCCCNC(=O)CCCCO[C@H]1C[C@@H](O)[C@@H](O)[C@@H](CO)O1)COCCC(=O)NCCCNC(=O)CCCCO[C@H]1C[C@@H](O)[C@@H](O)[C@@H](CO)O1)N=N. The third-order valence-electron chi connectivity index (χ3n) is 20.4. The minimum absolute atomic E-state index is 0.00106. The monoisotopic (exact) mass is 1900 g/mol. The van der Waals surface area contributed by atoms with Gasteiger partial charge in [0.05, 0.1) is 147 Å². The van der Waals surface area contributed by atoms with Crippen LogP contribution in [0.3, 0.4) is 0 Å². The molecule has 42 nitrogen and oxygen atoms in total. The molecule has 3 heterocycles. The summed E-state index contributed by atoms with van der Waals surface area (Å²) >= 11 is 0. The number of carbonyl (C=O) groups excluding carboxylic acids is 8. The van der Waals surface area contributed by atoms with E-state index in [4.69, 9.17) is 71.8 Å². The number of benzene rings is 1. The fourth-order valence-electron chi connectivity index (χ4n) is 12.7. The number of unbranched alkanes of at least 4 members (excludes halogenated alkanes) is 3. The molecular weight excluding hydrogens is 1760 g/mol. The third-order valence-corrected chi connectivity index (χ3v) is 20.4. The molecule has 7 amide bonds. The molecule has 3 aliphatic rings. The van der Waals surface area contributed by atoms with Gasteiger partial charge in [0.15, 0.2) is 18.9 Å². The Kier molecular flexibility index (Phi) is 58.8. The number of rotatable bonds is 74. The zero-order valence-corrected chi connectivity index (χ0v) is 75.4. The van der Waals surface area contributed by atoms with Crippen molar-refractivity contribution in [2.45, 2.75) is 259 Å². The molecule has 0 aromatic heterocycles. The van der Waals surface area contributed by atoms with Crippen LogP contribution < -0.4 is 47.3 Å². The highest BCUT2D eigenvalue weighted by molar-refractivity contribution is 5.79. The van der Waals surface area contributed by atoms with E-state index in [1.54, 1.807) is 0 Å². The molecule has 0 spiro atoms. The van der Waals surface area contributed by atoms with Crippen LogP contribution in [0, 0.1) is 34.6 Å². The van der Waals surface area contributed by atoms with Gasteiger partial charge in [-0.2, -0.15) is 13.9 Å². The molecule has 0 bridgehead atoms. The molecule has 131 heavy (non-hydrogen) atoms. The summed E-state index contributed by atoms with van der Waals surface area (Å²) in [6.45, 7) is 7.38. The number of nitrogens with zero attached hydrogens (tertiary/aromatic N) is 1. The fraction of sp³-hybridized carbons (Fsp3) is 0.810. The second-order valence-corrected chi connectivity index (χ2v) is 32.7. The molecular formula is C84H141F5N10O32. The van der Waals surface area contributed by atoms with Crippen LogP contribution in [-0.4, -0.2) is 362 Å². The van der Waals surface area contributed by atoms with Crippen LogP contribution >= 0.6 is 0 Å². The Labute approximate surface area is 759 Å². The van der Waals surface area contributed by atoms with Crippen molar-refractivity contribution in [3.8, 4) is 5.75 Å². The van der Waals surface area contributed by atoms with Crippen molar-refractivity contribution in [3.63, 3.8) is 0 Å². The largest absolute Gasteiger partial charge is 0.420 e. The van der Waals surface area contributed by atoms with Gasteiger partial charge in [-0.1, -0.05) is 0 Å². The van der Waals surface area contributed by atoms with Crippen molar-refractivity contribution >= 4 is 47.3 Å². The van der Waals surface area contributed by atoms with Gasteiger partial charge in [0.2, 0.25) is 76.2 Å². The summed E-state index contributed by atoms with van der Waals surface area (Å²) in [5.74, 6) is -16.9. The van der Waals surface area contributed by atoms with E-state index in [0.29, 0.717) is 64.2 Å². The molecule has 3 saturated heterocycles. The first-order valence-electron chi connectivity index (χ1n) is 44.5. The molecule has 47 heteroatoms. The first-order chi connectivity index (χ1) is 62.6. The smallest absolute Gasteiger partial charge is 0.313 e. The molecule has 0 saturated carbocycles. The first-order valence-corrected chi connectivity index (χ1v) is 44.5. The number of hydrogen-bond donors (Lipinski definition) is 18. The van der Waals surface area contributed by atoms with E-state index in [1.165, 1.54) is 6.20 Å². The van der Waals surface area contributed by atoms with Crippen molar-refractivity contribution in [2.75, 3.05) is 178 Å². The average Bonchev–Trinajstić information content (AvgIpc) is 0.793. The van der Waals surface area contributed by atoms with Crippen LogP contribution in [-0.2, 0) is 105 Å². The van der Waals surface area contributed by atoms with E-state index >= 15 is 0 Å². The maximum atomic E-state index is 14.2. The molecule has 3 fully saturated rings. The second-order valence-electron chi connectivity index (χ2n) is 32.7. The number of carbonyl (C=O) groups is 8. The van der Waals surface area contributed by atoms with Gasteiger partial charge in [0.1, 0.15) is 42.2 Å². The summed E-state index contributed by atoms with van der Waals surface area (Å²) in [5, 5.41) is 115. The van der Waals surface area contributed by atoms with Gasteiger partial charge >= 0.3 is 5.97 Å². The standard InChI is InChI=1S/C84H141F5N10O32/c1-82(2,23-38-118-41-40-117-37-22-69(113)131-81-76(88)74(86)73(85)75(87)77(81)89)127-51-83(3,4)126-43-42-119-39-30-91-47-55(99-90)17-18-68(112)98-84(52-120-34-19-65(109)95-27-11-24-92-62(106)14-5-8-31-123-70-44-56(103)78(114)59(48-100)128-70,53-121-35-20-66(110)96-28-12-25-93-63(107)15-6-9-32-124-71-45-57(104)79(115)60(49-101)129-71)54-122-36-21-67(111)97-29-13-26-94-64(108)16-7-10-33-125-72-46-58(105)80(116)61(50-102)130-72/h47,56-61,70-72,78-80,90-91,100-105,114-116H,5-46,48-54H2,1-4H3,(H,92,106)(H,93,107)(H,94,108)(H,95,109)(H,96,110)(H,97,111)(H,98,112)/b55-47-,99-90?/t56-,57-,58-,59-,60-,61-,70-,71-,72-,78-,79-,80-/m1/s1. The van der Waals surface area contributed by atoms with Gasteiger partial charge in [0.25, 0.3) is 0 Å². The van der Waals surface area contributed by atoms with Gasteiger partial charge in [-0.15, -0.1) is 0 Å². The third kappa shape index (κ3) is 49.8. The summed E-state index contributed by atoms with van der Waals surface area (Å²) in [6.07, 6.45) is -7.24. The molecule has 0 aliphatic carbocycles. The van der Waals surface area contributed by atoms with Gasteiger partial charge in [-0.3, -0.25) is 38.4 Å². The van der Waals surface area contributed by atoms with Crippen LogP contribution in [0.25, 0.3) is 0 Å². The Balaban J connectivity index is 1.29. The average molecular weight is 1900 g/mol. The number of aliphatic hydroxyl groups is 9. The Hall–Kier alpha value is -7.15. The highest BCUT2D eigenvalue weighted by Crippen LogP contribution is 2.31. The van der Waals surface area contributed by atoms with Crippen molar-refractivity contribution in [2.24, 2.45) is 5.11 Å². The topological polar surface area (TPSA) is 590 Å². The lowest BCUT2D eigenvalue weighted by Crippen LogP contribution is -2.58. The molecule has 0 radical (unpaired) electrons. The number of amides is 7. The fourth-order valence-corrected chi connectivity index (χ4v) is 12.7. The van der Waals surface area contributed by atoms with E-state index in [9.17, 15) is 106 Å². The van der Waals surface area contributed by atoms with Crippen LogP contribution in [0.4, 0.5) is 22.0 Å². The maximum absolute atomic E-state index is 14.2. The summed E-state index contributed by atoms with van der Waals surface area (Å²) in [7, 11) is 0. The first kappa shape index (κ1) is 116. The van der Waals surface area contributed by atoms with E-state index < -0.39 is 181 Å². The number of nitrogens with one attached hydrogen (secondary N) is 9. The minimum atomic E-state index is -2.39. The zero-order chi connectivity index (χ0) is 96.4. The lowest BCUT2D eigenvalue weighted by molar-refractivity contribution is -0.257. The molecule has 754 valence electrons. The second kappa shape index (κ2) is 66.3. The Bertz CT molecular complexity index is 3280. The van der Waals surface area contributed by atoms with E-state index in [1.807, 2.05) is 27.7 Å². The zero-order valence-electron chi connectivity index (χ0n) is 75.4. The molecule has 3 aliphatic heterocycles. The Morgan fingerprint density at radius 1 is 0.389 bits per heavy atom. The molecule has 1 aromatic rings. The summed E-state index contributed by atoms with van der Waals surface area (Å²) in [4.78, 5) is 103.